The van der Waals surface area contributed by atoms with Crippen LogP contribution in [0.5, 0.6) is 11.5 Å². The number of hydrogen-bond acceptors (Lipinski definition) is 5. The number of ether oxygens (including phenoxy) is 2. The molecule has 8 nitrogen and oxygen atoms in total. The van der Waals surface area contributed by atoms with Gasteiger partial charge >= 0.3 is 6.03 Å². The minimum Gasteiger partial charge on any atom is -0.457 e. The highest BCUT2D eigenvalue weighted by molar-refractivity contribution is 5.95. The minimum absolute atomic E-state index is 0.0150. The van der Waals surface area contributed by atoms with E-state index in [0.29, 0.717) is 42.4 Å². The van der Waals surface area contributed by atoms with Gasteiger partial charge in [-0.2, -0.15) is 0 Å². The molecule has 0 aliphatic carbocycles. The number of carbonyl (C=O) groups excluding carboxylic acids is 2. The molecule has 0 radical (unpaired) electrons. The van der Waals surface area contributed by atoms with Gasteiger partial charge in [-0.25, -0.2) is 4.79 Å². The number of rotatable bonds is 8. The highest BCUT2D eigenvalue weighted by Crippen LogP contribution is 2.26. The van der Waals surface area contributed by atoms with E-state index in [-0.39, 0.29) is 24.6 Å². The van der Waals surface area contributed by atoms with Crippen LogP contribution in [0.15, 0.2) is 48.5 Å². The summed E-state index contributed by atoms with van der Waals surface area (Å²) >= 11 is 0. The zero-order chi connectivity index (χ0) is 21.3. The van der Waals surface area contributed by atoms with Crippen LogP contribution in [-0.2, 0) is 4.74 Å². The van der Waals surface area contributed by atoms with Crippen molar-refractivity contribution < 1.29 is 24.2 Å². The maximum atomic E-state index is 12.4. The summed E-state index contributed by atoms with van der Waals surface area (Å²) in [6, 6.07) is 13.1. The van der Waals surface area contributed by atoms with Gasteiger partial charge < -0.3 is 30.9 Å². The number of amides is 3. The maximum Gasteiger partial charge on any atom is 0.319 e. The molecule has 3 rings (SSSR count). The molecule has 0 saturated carbocycles. The van der Waals surface area contributed by atoms with E-state index in [1.165, 1.54) is 0 Å². The normalized spacial score (nSPS) is 15.2. The van der Waals surface area contributed by atoms with Gasteiger partial charge in [0.25, 0.3) is 5.91 Å². The standard InChI is InChI=1S/C22H27N3O5/c23-21(27)18-3-1-2-4-20(18)30-17-7-5-16(6-8-17)24-22(28)25-19(9-12-26)15-10-13-29-14-11-15/h1-8,15,19,26H,9-14H2,(H2,23,27)(H2,24,25,28). The zero-order valence-corrected chi connectivity index (χ0v) is 16.7. The lowest BCUT2D eigenvalue weighted by molar-refractivity contribution is 0.0516. The van der Waals surface area contributed by atoms with Crippen molar-refractivity contribution in [2.75, 3.05) is 25.1 Å². The number of anilines is 1. The van der Waals surface area contributed by atoms with Crippen LogP contribution in [0.4, 0.5) is 10.5 Å². The van der Waals surface area contributed by atoms with Gasteiger partial charge in [-0.1, -0.05) is 12.1 Å². The SMILES string of the molecule is NC(=O)c1ccccc1Oc1ccc(NC(=O)NC(CCO)C2CCOCC2)cc1. The number of primary amides is 1. The number of nitrogens with one attached hydrogen (secondary N) is 2. The quantitative estimate of drug-likeness (QED) is 0.530. The maximum absolute atomic E-state index is 12.4. The fourth-order valence-corrected chi connectivity index (χ4v) is 3.51. The number of carbonyl (C=O) groups is 2. The predicted molar refractivity (Wildman–Crippen MR) is 113 cm³/mol. The topological polar surface area (TPSA) is 123 Å². The second-order valence-corrected chi connectivity index (χ2v) is 7.15. The van der Waals surface area contributed by atoms with Gasteiger partial charge in [0, 0.05) is 31.5 Å². The van der Waals surface area contributed by atoms with Gasteiger partial charge in [0.2, 0.25) is 0 Å². The first-order chi connectivity index (χ1) is 14.6. The second-order valence-electron chi connectivity index (χ2n) is 7.15. The van der Waals surface area contributed by atoms with Crippen molar-refractivity contribution in [3.63, 3.8) is 0 Å². The third kappa shape index (κ3) is 5.95. The average Bonchev–Trinajstić information content (AvgIpc) is 2.76. The van der Waals surface area contributed by atoms with E-state index in [2.05, 4.69) is 10.6 Å². The zero-order valence-electron chi connectivity index (χ0n) is 16.7. The molecule has 8 heteroatoms. The fraction of sp³-hybridized carbons (Fsp3) is 0.364. The molecule has 0 aromatic heterocycles. The van der Waals surface area contributed by atoms with E-state index in [1.54, 1.807) is 48.5 Å². The van der Waals surface area contributed by atoms with E-state index >= 15 is 0 Å². The predicted octanol–water partition coefficient (Wildman–Crippen LogP) is 2.88. The first kappa shape index (κ1) is 21.6. The smallest absolute Gasteiger partial charge is 0.319 e. The summed E-state index contributed by atoms with van der Waals surface area (Å²) in [6.45, 7) is 1.37. The van der Waals surface area contributed by atoms with Crippen molar-refractivity contribution in [3.05, 3.63) is 54.1 Å². The van der Waals surface area contributed by atoms with E-state index < -0.39 is 5.91 Å². The summed E-state index contributed by atoms with van der Waals surface area (Å²) in [5, 5.41) is 15.1. The molecular formula is C22H27N3O5. The van der Waals surface area contributed by atoms with E-state index in [1.807, 2.05) is 0 Å². The molecule has 1 heterocycles. The number of para-hydroxylation sites is 1. The molecule has 0 spiro atoms. The van der Waals surface area contributed by atoms with Crippen LogP contribution >= 0.6 is 0 Å². The number of aliphatic hydroxyl groups is 1. The Kier molecular flexibility index (Phi) is 7.64. The van der Waals surface area contributed by atoms with E-state index in [0.717, 1.165) is 12.8 Å². The molecule has 3 amide bonds. The van der Waals surface area contributed by atoms with Crippen LogP contribution < -0.4 is 21.1 Å². The Morgan fingerprint density at radius 1 is 1.13 bits per heavy atom. The summed E-state index contributed by atoms with van der Waals surface area (Å²) in [4.78, 5) is 23.9. The fourth-order valence-electron chi connectivity index (χ4n) is 3.51. The van der Waals surface area contributed by atoms with Gasteiger partial charge in [0.15, 0.2) is 0 Å². The lowest BCUT2D eigenvalue weighted by Crippen LogP contribution is -2.44. The summed E-state index contributed by atoms with van der Waals surface area (Å²) in [5.74, 6) is 0.599. The van der Waals surface area contributed by atoms with E-state index in [4.69, 9.17) is 15.2 Å². The van der Waals surface area contributed by atoms with Crippen molar-refractivity contribution in [3.8, 4) is 11.5 Å². The number of hydrogen-bond donors (Lipinski definition) is 4. The minimum atomic E-state index is -0.567. The van der Waals surface area contributed by atoms with Gasteiger partial charge in [0.1, 0.15) is 11.5 Å². The molecular weight excluding hydrogens is 386 g/mol. The highest BCUT2D eigenvalue weighted by Gasteiger charge is 2.25. The molecule has 1 atom stereocenters. The Morgan fingerprint density at radius 3 is 2.50 bits per heavy atom. The summed E-state index contributed by atoms with van der Waals surface area (Å²) in [6.07, 6.45) is 2.23. The number of urea groups is 1. The Bertz CT molecular complexity index is 850. The van der Waals surface area contributed by atoms with Crippen molar-refractivity contribution in [2.45, 2.75) is 25.3 Å². The van der Waals surface area contributed by atoms with Crippen LogP contribution in [0, 0.1) is 5.92 Å². The largest absolute Gasteiger partial charge is 0.457 e. The Balaban J connectivity index is 1.58. The third-order valence-electron chi connectivity index (χ3n) is 5.08. The third-order valence-corrected chi connectivity index (χ3v) is 5.08. The van der Waals surface area contributed by atoms with Gasteiger partial charge in [-0.3, -0.25) is 4.79 Å². The monoisotopic (exact) mass is 413 g/mol. The summed E-state index contributed by atoms with van der Waals surface area (Å²) in [5.41, 5.74) is 6.25. The Hall–Kier alpha value is -3.10. The molecule has 160 valence electrons. The van der Waals surface area contributed by atoms with Crippen molar-refractivity contribution in [1.82, 2.24) is 5.32 Å². The molecule has 1 aliphatic heterocycles. The average molecular weight is 413 g/mol. The molecule has 0 bridgehead atoms. The lowest BCUT2D eigenvalue weighted by atomic mass is 9.90. The lowest BCUT2D eigenvalue weighted by Gasteiger charge is -2.30. The molecule has 1 saturated heterocycles. The number of aliphatic hydroxyl groups excluding tert-OH is 1. The molecule has 2 aromatic carbocycles. The number of nitrogens with two attached hydrogens (primary N) is 1. The summed E-state index contributed by atoms with van der Waals surface area (Å²) < 4.78 is 11.1. The molecule has 1 aliphatic rings. The van der Waals surface area contributed by atoms with Gasteiger partial charge in [-0.15, -0.1) is 0 Å². The molecule has 5 N–H and O–H groups in total. The molecule has 1 fully saturated rings. The van der Waals surface area contributed by atoms with Gasteiger partial charge in [0.05, 0.1) is 5.56 Å². The number of benzene rings is 2. The van der Waals surface area contributed by atoms with Crippen LogP contribution in [0.3, 0.4) is 0 Å². The van der Waals surface area contributed by atoms with Gasteiger partial charge in [-0.05, 0) is 61.6 Å². The molecule has 1 unspecified atom stereocenters. The van der Waals surface area contributed by atoms with Crippen LogP contribution in [0.1, 0.15) is 29.6 Å². The van der Waals surface area contributed by atoms with Crippen LogP contribution in [0.25, 0.3) is 0 Å². The Morgan fingerprint density at radius 2 is 1.83 bits per heavy atom. The Labute approximate surface area is 175 Å². The van der Waals surface area contributed by atoms with Crippen molar-refractivity contribution >= 4 is 17.6 Å². The first-order valence-corrected chi connectivity index (χ1v) is 9.99. The van der Waals surface area contributed by atoms with Crippen molar-refractivity contribution in [1.29, 1.82) is 0 Å². The summed E-state index contributed by atoms with van der Waals surface area (Å²) in [7, 11) is 0. The molecule has 30 heavy (non-hydrogen) atoms. The first-order valence-electron chi connectivity index (χ1n) is 9.99. The van der Waals surface area contributed by atoms with Crippen molar-refractivity contribution in [2.24, 2.45) is 11.7 Å². The van der Waals surface area contributed by atoms with Crippen LogP contribution in [-0.4, -0.2) is 42.9 Å². The van der Waals surface area contributed by atoms with Crippen LogP contribution in [0.2, 0.25) is 0 Å². The molecule has 2 aromatic rings. The second kappa shape index (κ2) is 10.6. The highest BCUT2D eigenvalue weighted by atomic mass is 16.5. The van der Waals surface area contributed by atoms with E-state index in [9.17, 15) is 14.7 Å².